The maximum atomic E-state index is 13.3. The van der Waals surface area contributed by atoms with E-state index >= 15 is 0 Å². The Balaban J connectivity index is 1.51. The molecular formula is C21H30N6O2. The summed E-state index contributed by atoms with van der Waals surface area (Å²) in [6, 6.07) is 0. The van der Waals surface area contributed by atoms with Crippen LogP contribution >= 0.6 is 0 Å². The smallest absolute Gasteiger partial charge is 0.270 e. The zero-order valence-electron chi connectivity index (χ0n) is 17.7. The van der Waals surface area contributed by atoms with Gasteiger partial charge in [0.15, 0.2) is 5.78 Å². The molecule has 0 aromatic carbocycles. The van der Waals surface area contributed by atoms with Gasteiger partial charge in [-0.1, -0.05) is 13.8 Å². The minimum absolute atomic E-state index is 0.00442. The van der Waals surface area contributed by atoms with E-state index in [1.165, 1.54) is 0 Å². The lowest BCUT2D eigenvalue weighted by Crippen LogP contribution is -2.39. The van der Waals surface area contributed by atoms with Gasteiger partial charge in [0, 0.05) is 43.4 Å². The second-order valence-corrected chi connectivity index (χ2v) is 8.49. The molecule has 0 aliphatic carbocycles. The molecule has 1 saturated heterocycles. The molecule has 156 valence electrons. The molecular weight excluding hydrogens is 368 g/mol. The third-order valence-electron chi connectivity index (χ3n) is 6.17. The number of nitrogens with one attached hydrogen (secondary N) is 2. The largest absolute Gasteiger partial charge is 0.354 e. The van der Waals surface area contributed by atoms with Crippen molar-refractivity contribution < 1.29 is 9.59 Å². The number of H-pyrrole nitrogens is 1. The van der Waals surface area contributed by atoms with Crippen molar-refractivity contribution in [1.29, 1.82) is 0 Å². The number of nitrogens with zero attached hydrogens (tertiary/aromatic N) is 4. The first-order valence-electron chi connectivity index (χ1n) is 10.5. The summed E-state index contributed by atoms with van der Waals surface area (Å²) in [5.74, 6) is 2.50. The average Bonchev–Trinajstić information content (AvgIpc) is 3.29. The van der Waals surface area contributed by atoms with Gasteiger partial charge in [-0.25, -0.2) is 0 Å². The third kappa shape index (κ3) is 3.50. The van der Waals surface area contributed by atoms with Crippen LogP contribution in [0.25, 0.3) is 0 Å². The summed E-state index contributed by atoms with van der Waals surface area (Å²) < 4.78 is 2.24. The molecule has 2 aromatic heterocycles. The SMILES string of the molecule is CC(=O)c1c(C)[nH]c(C(=O)N2CCC(c3nnc4n3CCNC4)CC2)c1C(C)C. The first-order chi connectivity index (χ1) is 13.9. The molecule has 8 heteroatoms. The number of fused-ring (bicyclic) bond motifs is 1. The van der Waals surface area contributed by atoms with Crippen molar-refractivity contribution in [3.05, 3.63) is 34.2 Å². The second-order valence-electron chi connectivity index (χ2n) is 8.49. The number of amides is 1. The van der Waals surface area contributed by atoms with Gasteiger partial charge in [0.2, 0.25) is 0 Å². The molecule has 0 saturated carbocycles. The summed E-state index contributed by atoms with van der Waals surface area (Å²) in [6.07, 6.45) is 1.77. The Bertz CT molecular complexity index is 933. The summed E-state index contributed by atoms with van der Waals surface area (Å²) in [5.41, 5.74) is 2.87. The van der Waals surface area contributed by atoms with Gasteiger partial charge < -0.3 is 19.8 Å². The Morgan fingerprint density at radius 3 is 2.52 bits per heavy atom. The maximum absolute atomic E-state index is 13.3. The molecule has 0 radical (unpaired) electrons. The maximum Gasteiger partial charge on any atom is 0.270 e. The minimum atomic E-state index is -0.00442. The molecule has 1 fully saturated rings. The molecule has 1 amide bonds. The lowest BCUT2D eigenvalue weighted by molar-refractivity contribution is 0.0703. The zero-order chi connectivity index (χ0) is 20.7. The number of likely N-dealkylation sites (tertiary alicyclic amines) is 1. The number of Topliss-reactive ketones (excluding diaryl/α,β-unsaturated/α-hetero) is 1. The number of carbonyl (C=O) groups excluding carboxylic acids is 2. The lowest BCUT2D eigenvalue weighted by Gasteiger charge is -2.32. The van der Waals surface area contributed by atoms with Gasteiger partial charge in [-0.15, -0.1) is 10.2 Å². The van der Waals surface area contributed by atoms with Crippen LogP contribution in [0.1, 0.15) is 89.2 Å². The molecule has 4 rings (SSSR count). The van der Waals surface area contributed by atoms with E-state index in [2.05, 4.69) is 25.1 Å². The number of aryl methyl sites for hydroxylation is 1. The topological polar surface area (TPSA) is 95.9 Å². The Hall–Kier alpha value is -2.48. The molecule has 2 aliphatic heterocycles. The van der Waals surface area contributed by atoms with Crippen LogP contribution in [0.15, 0.2) is 0 Å². The summed E-state index contributed by atoms with van der Waals surface area (Å²) >= 11 is 0. The summed E-state index contributed by atoms with van der Waals surface area (Å²) in [6.45, 7) is 11.5. The summed E-state index contributed by atoms with van der Waals surface area (Å²) in [7, 11) is 0. The monoisotopic (exact) mass is 398 g/mol. The number of aromatic nitrogens is 4. The highest BCUT2D eigenvalue weighted by Crippen LogP contribution is 2.31. The van der Waals surface area contributed by atoms with Crippen molar-refractivity contribution in [3.63, 3.8) is 0 Å². The second kappa shape index (κ2) is 7.74. The fourth-order valence-corrected chi connectivity index (χ4v) is 4.76. The molecule has 2 aromatic rings. The number of rotatable bonds is 4. The minimum Gasteiger partial charge on any atom is -0.354 e. The lowest BCUT2D eigenvalue weighted by atomic mass is 9.93. The quantitative estimate of drug-likeness (QED) is 0.771. The van der Waals surface area contributed by atoms with Gasteiger partial charge in [0.25, 0.3) is 5.91 Å². The first kappa shape index (κ1) is 19.8. The number of ketones is 1. The van der Waals surface area contributed by atoms with Crippen LogP contribution < -0.4 is 5.32 Å². The number of carbonyl (C=O) groups is 2. The average molecular weight is 399 g/mol. The van der Waals surface area contributed by atoms with Crippen molar-refractivity contribution in [2.75, 3.05) is 19.6 Å². The Morgan fingerprint density at radius 2 is 1.86 bits per heavy atom. The number of piperidine rings is 1. The highest BCUT2D eigenvalue weighted by Gasteiger charge is 2.32. The van der Waals surface area contributed by atoms with E-state index in [0.29, 0.717) is 30.3 Å². The van der Waals surface area contributed by atoms with E-state index < -0.39 is 0 Å². The van der Waals surface area contributed by atoms with E-state index in [0.717, 1.165) is 55.4 Å². The third-order valence-corrected chi connectivity index (χ3v) is 6.17. The van der Waals surface area contributed by atoms with E-state index in [-0.39, 0.29) is 17.6 Å². The molecule has 2 aliphatic rings. The normalized spacial score (nSPS) is 17.6. The fourth-order valence-electron chi connectivity index (χ4n) is 4.76. The van der Waals surface area contributed by atoms with E-state index in [1.807, 2.05) is 25.7 Å². The van der Waals surface area contributed by atoms with Crippen molar-refractivity contribution in [1.82, 2.24) is 30.0 Å². The summed E-state index contributed by atoms with van der Waals surface area (Å²) in [5, 5.41) is 12.1. The van der Waals surface area contributed by atoms with Crippen LogP contribution in [0.4, 0.5) is 0 Å². The number of hydrogen-bond acceptors (Lipinski definition) is 5. The molecule has 29 heavy (non-hydrogen) atoms. The van der Waals surface area contributed by atoms with E-state index in [4.69, 9.17) is 0 Å². The van der Waals surface area contributed by atoms with Crippen LogP contribution in [-0.2, 0) is 13.1 Å². The predicted octanol–water partition coefficient (Wildman–Crippen LogP) is 2.36. The van der Waals surface area contributed by atoms with Gasteiger partial charge in [-0.3, -0.25) is 9.59 Å². The zero-order valence-corrected chi connectivity index (χ0v) is 17.7. The first-order valence-corrected chi connectivity index (χ1v) is 10.5. The molecule has 0 bridgehead atoms. The van der Waals surface area contributed by atoms with Crippen LogP contribution in [0.3, 0.4) is 0 Å². The predicted molar refractivity (Wildman–Crippen MR) is 109 cm³/mol. The van der Waals surface area contributed by atoms with Crippen molar-refractivity contribution in [3.8, 4) is 0 Å². The van der Waals surface area contributed by atoms with Crippen molar-refractivity contribution in [2.45, 2.75) is 65.5 Å². The van der Waals surface area contributed by atoms with E-state index in [1.54, 1.807) is 6.92 Å². The highest BCUT2D eigenvalue weighted by molar-refractivity contribution is 6.03. The van der Waals surface area contributed by atoms with Crippen LogP contribution in [0.2, 0.25) is 0 Å². The molecule has 0 atom stereocenters. The van der Waals surface area contributed by atoms with Crippen molar-refractivity contribution >= 4 is 11.7 Å². The van der Waals surface area contributed by atoms with Crippen molar-refractivity contribution in [2.24, 2.45) is 0 Å². The van der Waals surface area contributed by atoms with Gasteiger partial charge in [-0.2, -0.15) is 0 Å². The van der Waals surface area contributed by atoms with Gasteiger partial charge >= 0.3 is 0 Å². The molecule has 2 N–H and O–H groups in total. The van der Waals surface area contributed by atoms with Crippen LogP contribution in [0.5, 0.6) is 0 Å². The fraction of sp³-hybridized carbons (Fsp3) is 0.619. The Morgan fingerprint density at radius 1 is 1.14 bits per heavy atom. The number of hydrogen-bond donors (Lipinski definition) is 2. The van der Waals surface area contributed by atoms with E-state index in [9.17, 15) is 9.59 Å². The Labute approximate surface area is 171 Å². The summed E-state index contributed by atoms with van der Waals surface area (Å²) in [4.78, 5) is 30.5. The van der Waals surface area contributed by atoms with Crippen LogP contribution in [0, 0.1) is 6.92 Å². The van der Waals surface area contributed by atoms with Gasteiger partial charge in [0.1, 0.15) is 17.3 Å². The van der Waals surface area contributed by atoms with Gasteiger partial charge in [0.05, 0.1) is 6.54 Å². The Kier molecular flexibility index (Phi) is 5.29. The highest BCUT2D eigenvalue weighted by atomic mass is 16.2. The van der Waals surface area contributed by atoms with Crippen LogP contribution in [-0.4, -0.2) is 56.0 Å². The molecule has 4 heterocycles. The standard InChI is InChI=1S/C21H30N6O2/c1-12(2)17-18(14(4)28)13(3)23-19(17)21(29)26-8-5-15(6-9-26)20-25-24-16-11-22-7-10-27(16)20/h12,15,22-23H,5-11H2,1-4H3. The molecule has 0 spiro atoms. The molecule has 0 unspecified atom stereocenters. The number of aromatic amines is 1. The molecule has 8 nitrogen and oxygen atoms in total. The van der Waals surface area contributed by atoms with Gasteiger partial charge in [-0.05, 0) is 38.2 Å².